The average molecular weight is 514 g/mol. The molecule has 5 rings (SSSR count). The molecule has 0 fully saturated rings. The molecular weight excluding hydrogens is 490 g/mol. The highest BCUT2D eigenvalue weighted by Gasteiger charge is 2.32. The molecule has 11 heteroatoms. The lowest BCUT2D eigenvalue weighted by molar-refractivity contribution is 0.0972. The highest BCUT2D eigenvalue weighted by Crippen LogP contribution is 2.30. The number of halogens is 1. The number of nitrogens with one attached hydrogen (secondary N) is 2. The van der Waals surface area contributed by atoms with Gasteiger partial charge in [-0.05, 0) is 52.7 Å². The Morgan fingerprint density at radius 3 is 2.43 bits per heavy atom. The normalized spacial score (nSPS) is 15.4. The van der Waals surface area contributed by atoms with Gasteiger partial charge in [0.2, 0.25) is 5.96 Å². The fourth-order valence-electron chi connectivity index (χ4n) is 4.00. The topological polar surface area (TPSA) is 115 Å². The number of benzene rings is 3. The minimum atomic E-state index is -0.367. The van der Waals surface area contributed by atoms with E-state index in [1.165, 1.54) is 0 Å². The van der Waals surface area contributed by atoms with E-state index < -0.39 is 0 Å². The number of carbonyl (C=O) groups excluding carboxylic acids is 1. The van der Waals surface area contributed by atoms with Gasteiger partial charge in [-0.25, -0.2) is 5.01 Å². The van der Waals surface area contributed by atoms with Gasteiger partial charge in [-0.1, -0.05) is 59.2 Å². The van der Waals surface area contributed by atoms with Crippen LogP contribution in [-0.4, -0.2) is 63.9 Å². The number of hydrazone groups is 1. The van der Waals surface area contributed by atoms with Crippen molar-refractivity contribution in [2.24, 2.45) is 10.1 Å². The van der Waals surface area contributed by atoms with E-state index in [0.717, 1.165) is 22.5 Å². The first-order valence-electron chi connectivity index (χ1n) is 11.6. The SMILES string of the molecule is CN(C)c1ccc(C2=NN(/C(=N\c3nn[nH]n3)NC(=O)c3ccc(Cl)cc3)CC2c2ccccc2)cc1. The summed E-state index contributed by atoms with van der Waals surface area (Å²) >= 11 is 5.99. The molecule has 1 atom stereocenters. The summed E-state index contributed by atoms with van der Waals surface area (Å²) in [5.74, 6) is -0.174. The van der Waals surface area contributed by atoms with Crippen LogP contribution in [-0.2, 0) is 0 Å². The Bertz CT molecular complexity index is 1420. The van der Waals surface area contributed by atoms with Gasteiger partial charge in [-0.2, -0.15) is 15.3 Å². The first-order chi connectivity index (χ1) is 18.0. The van der Waals surface area contributed by atoms with Gasteiger partial charge in [0.25, 0.3) is 11.9 Å². The van der Waals surface area contributed by atoms with Gasteiger partial charge in [0.15, 0.2) is 0 Å². The lowest BCUT2D eigenvalue weighted by Crippen LogP contribution is -2.41. The maximum absolute atomic E-state index is 13.1. The second kappa shape index (κ2) is 10.6. The molecule has 2 N–H and O–H groups in total. The third kappa shape index (κ3) is 5.49. The molecular formula is C26H24ClN9O. The van der Waals surface area contributed by atoms with Gasteiger partial charge in [0, 0.05) is 36.3 Å². The Hall–Kier alpha value is -4.57. The summed E-state index contributed by atoms with van der Waals surface area (Å²) in [4.78, 5) is 19.6. The first kappa shape index (κ1) is 24.1. The minimum Gasteiger partial charge on any atom is -0.378 e. The molecule has 3 aromatic carbocycles. The van der Waals surface area contributed by atoms with Crippen molar-refractivity contribution in [2.45, 2.75) is 5.92 Å². The zero-order valence-electron chi connectivity index (χ0n) is 20.2. The van der Waals surface area contributed by atoms with E-state index in [4.69, 9.17) is 16.7 Å². The number of hydrogen-bond acceptors (Lipinski definition) is 7. The van der Waals surface area contributed by atoms with Crippen LogP contribution in [0, 0.1) is 0 Å². The van der Waals surface area contributed by atoms with Gasteiger partial charge >= 0.3 is 0 Å². The fourth-order valence-corrected chi connectivity index (χ4v) is 4.12. The van der Waals surface area contributed by atoms with E-state index in [1.54, 1.807) is 29.3 Å². The Labute approximate surface area is 218 Å². The van der Waals surface area contributed by atoms with Crippen LogP contribution in [0.4, 0.5) is 11.6 Å². The molecule has 4 aromatic rings. The zero-order valence-corrected chi connectivity index (χ0v) is 21.0. The highest BCUT2D eigenvalue weighted by molar-refractivity contribution is 6.30. The van der Waals surface area contributed by atoms with Crippen LogP contribution in [0.3, 0.4) is 0 Å². The van der Waals surface area contributed by atoms with Crippen LogP contribution in [0.5, 0.6) is 0 Å². The van der Waals surface area contributed by atoms with Gasteiger partial charge < -0.3 is 4.90 Å². The summed E-state index contributed by atoms with van der Waals surface area (Å²) in [6.07, 6.45) is 0. The number of guanidine groups is 1. The zero-order chi connectivity index (χ0) is 25.8. The highest BCUT2D eigenvalue weighted by atomic mass is 35.5. The van der Waals surface area contributed by atoms with Crippen molar-refractivity contribution in [1.82, 2.24) is 30.9 Å². The summed E-state index contributed by atoms with van der Waals surface area (Å²) in [5, 5.41) is 23.8. The number of tetrazole rings is 1. The molecule has 0 bridgehead atoms. The molecule has 186 valence electrons. The van der Waals surface area contributed by atoms with Crippen LogP contribution in [0.25, 0.3) is 0 Å². The van der Waals surface area contributed by atoms with Crippen LogP contribution in [0.2, 0.25) is 5.02 Å². The maximum Gasteiger partial charge on any atom is 0.292 e. The molecule has 0 saturated carbocycles. The van der Waals surface area contributed by atoms with Crippen molar-refractivity contribution in [3.05, 3.63) is 101 Å². The second-order valence-electron chi connectivity index (χ2n) is 8.58. The molecule has 0 spiro atoms. The van der Waals surface area contributed by atoms with Crippen molar-refractivity contribution in [3.63, 3.8) is 0 Å². The predicted octanol–water partition coefficient (Wildman–Crippen LogP) is 3.84. The number of anilines is 1. The van der Waals surface area contributed by atoms with Gasteiger partial charge in [0.05, 0.1) is 12.3 Å². The largest absolute Gasteiger partial charge is 0.378 e. The van der Waals surface area contributed by atoms with Crippen molar-refractivity contribution in [3.8, 4) is 0 Å². The van der Waals surface area contributed by atoms with E-state index in [2.05, 4.69) is 67.3 Å². The molecule has 1 aromatic heterocycles. The number of rotatable bonds is 5. The molecule has 0 aliphatic carbocycles. The summed E-state index contributed by atoms with van der Waals surface area (Å²) in [7, 11) is 4.00. The quantitative estimate of drug-likeness (QED) is 0.309. The average Bonchev–Trinajstić information content (AvgIpc) is 3.60. The second-order valence-corrected chi connectivity index (χ2v) is 9.02. The van der Waals surface area contributed by atoms with Crippen molar-refractivity contribution >= 4 is 40.8 Å². The van der Waals surface area contributed by atoms with Crippen LogP contribution in [0.15, 0.2) is 89.0 Å². The lowest BCUT2D eigenvalue weighted by atomic mass is 9.90. The molecule has 1 unspecified atom stereocenters. The monoisotopic (exact) mass is 513 g/mol. The first-order valence-corrected chi connectivity index (χ1v) is 11.9. The number of aromatic nitrogens is 4. The number of H-pyrrole nitrogens is 1. The van der Waals surface area contributed by atoms with E-state index in [0.29, 0.717) is 17.1 Å². The third-order valence-corrected chi connectivity index (χ3v) is 6.16. The number of aromatic amines is 1. The van der Waals surface area contributed by atoms with Crippen LogP contribution < -0.4 is 10.2 Å². The number of aliphatic imine (C=N–C) groups is 1. The van der Waals surface area contributed by atoms with Crippen molar-refractivity contribution in [2.75, 3.05) is 25.5 Å². The van der Waals surface area contributed by atoms with Crippen molar-refractivity contribution in [1.29, 1.82) is 0 Å². The standard InChI is InChI=1S/C26H24ClN9O/c1-35(2)21-14-10-18(11-15-21)23-22(17-6-4-3-5-7-17)16-36(32-23)26(29-25-30-33-34-31-25)28-24(37)19-8-12-20(27)13-9-19/h3-15,22H,16H2,1-2H3,(H2,28,29,30,31,33,34,37). The number of nitrogens with zero attached hydrogens (tertiary/aromatic N) is 7. The minimum absolute atomic E-state index is 0.0608. The smallest absolute Gasteiger partial charge is 0.292 e. The molecule has 37 heavy (non-hydrogen) atoms. The molecule has 2 heterocycles. The molecule has 1 aliphatic rings. The number of carbonyl (C=O) groups is 1. The summed E-state index contributed by atoms with van der Waals surface area (Å²) in [6.45, 7) is 0.451. The third-order valence-electron chi connectivity index (χ3n) is 5.91. The molecule has 1 aliphatic heterocycles. The predicted molar refractivity (Wildman–Crippen MR) is 143 cm³/mol. The molecule has 1 amide bonds. The Kier molecular flexibility index (Phi) is 6.91. The Morgan fingerprint density at radius 2 is 1.78 bits per heavy atom. The fraction of sp³-hybridized carbons (Fsp3) is 0.154. The van der Waals surface area contributed by atoms with Gasteiger partial charge in [-0.15, -0.1) is 5.10 Å². The van der Waals surface area contributed by atoms with Crippen LogP contribution in [0.1, 0.15) is 27.4 Å². The number of hydrogen-bond donors (Lipinski definition) is 2. The van der Waals surface area contributed by atoms with E-state index in [9.17, 15) is 4.79 Å². The maximum atomic E-state index is 13.1. The van der Waals surface area contributed by atoms with Crippen LogP contribution >= 0.6 is 11.6 Å². The Morgan fingerprint density at radius 1 is 1.05 bits per heavy atom. The lowest BCUT2D eigenvalue weighted by Gasteiger charge is -2.18. The summed E-state index contributed by atoms with van der Waals surface area (Å²) in [5.41, 5.74) is 4.45. The number of amides is 1. The van der Waals surface area contributed by atoms with E-state index >= 15 is 0 Å². The summed E-state index contributed by atoms with van der Waals surface area (Å²) in [6, 6.07) is 24.9. The Balaban J connectivity index is 1.52. The van der Waals surface area contributed by atoms with E-state index in [-0.39, 0.29) is 23.7 Å². The molecule has 0 radical (unpaired) electrons. The molecule has 0 saturated heterocycles. The summed E-state index contributed by atoms with van der Waals surface area (Å²) < 4.78 is 0. The molecule has 10 nitrogen and oxygen atoms in total. The van der Waals surface area contributed by atoms with E-state index in [1.807, 2.05) is 37.2 Å². The van der Waals surface area contributed by atoms with Gasteiger partial charge in [-0.3, -0.25) is 10.1 Å². The van der Waals surface area contributed by atoms with Crippen molar-refractivity contribution < 1.29 is 4.79 Å². The van der Waals surface area contributed by atoms with Gasteiger partial charge in [0.1, 0.15) is 0 Å².